The summed E-state index contributed by atoms with van der Waals surface area (Å²) in [5, 5.41) is 3.42. The maximum atomic E-state index is 14.6. The van der Waals surface area contributed by atoms with Gasteiger partial charge in [-0.1, -0.05) is 6.07 Å². The molecule has 9 nitrogen and oxygen atoms in total. The van der Waals surface area contributed by atoms with E-state index < -0.39 is 21.7 Å². The van der Waals surface area contributed by atoms with Gasteiger partial charge in [0.15, 0.2) is 6.73 Å². The van der Waals surface area contributed by atoms with Crippen molar-refractivity contribution in [3.63, 3.8) is 0 Å². The van der Waals surface area contributed by atoms with Crippen LogP contribution in [0.3, 0.4) is 0 Å². The first-order valence-corrected chi connectivity index (χ1v) is 15.0. The summed E-state index contributed by atoms with van der Waals surface area (Å²) < 4.78 is 69.4. The SMILES string of the molecule is CNC(=O)c1c(-c2ccc(F)cc2)oc2cc(NS(C)(=O)=O)c(-c3ccc4c(n3)-c3cc5c(F)cccc5n3CO4)cc12. The average Bonchev–Trinajstić information content (AvgIpc) is 3.55. The Balaban J connectivity index is 1.47. The van der Waals surface area contributed by atoms with Crippen LogP contribution in [0, 0.1) is 11.6 Å². The van der Waals surface area contributed by atoms with E-state index in [1.54, 1.807) is 36.4 Å². The van der Waals surface area contributed by atoms with Crippen LogP contribution in [0.4, 0.5) is 14.5 Å². The number of rotatable bonds is 5. The number of furan rings is 1. The van der Waals surface area contributed by atoms with Crippen LogP contribution in [0.1, 0.15) is 10.4 Å². The lowest BCUT2D eigenvalue weighted by molar-refractivity contribution is 0.0964. The second-order valence-electron chi connectivity index (χ2n) is 10.1. The fraction of sp³-hybridized carbons (Fsp3) is 0.0968. The standard InChI is InChI=1S/C31H22F2N4O5S/c1-34-31(38)28-20-12-19(23(36-43(2,39)40)14-27(20)42-30(28)16-6-8-17(32)9-7-16)22-10-11-26-29(35-22)25-13-18-21(33)4-3-5-24(18)37(25)15-41-26/h3-14,36H,15H2,1-2H3,(H,34,38). The molecule has 0 aliphatic carbocycles. The lowest BCUT2D eigenvalue weighted by Crippen LogP contribution is -2.18. The summed E-state index contributed by atoms with van der Waals surface area (Å²) in [6, 6.07) is 18.5. The molecule has 0 saturated carbocycles. The molecule has 1 amide bonds. The summed E-state index contributed by atoms with van der Waals surface area (Å²) in [4.78, 5) is 18.0. The third-order valence-corrected chi connectivity index (χ3v) is 7.89. The van der Waals surface area contributed by atoms with Gasteiger partial charge in [0, 0.05) is 35.0 Å². The Bertz CT molecular complexity index is 2220. The number of fused-ring (bicyclic) bond motifs is 6. The second-order valence-corrected chi connectivity index (χ2v) is 11.9. The van der Waals surface area contributed by atoms with Gasteiger partial charge in [-0.15, -0.1) is 0 Å². The number of nitrogens with one attached hydrogen (secondary N) is 2. The number of sulfonamides is 1. The van der Waals surface area contributed by atoms with Crippen LogP contribution in [0.25, 0.3) is 55.8 Å². The Labute approximate surface area is 243 Å². The topological polar surface area (TPSA) is 115 Å². The van der Waals surface area contributed by atoms with Gasteiger partial charge in [-0.25, -0.2) is 22.2 Å². The molecular weight excluding hydrogens is 578 g/mol. The monoisotopic (exact) mass is 600 g/mol. The van der Waals surface area contributed by atoms with E-state index in [9.17, 15) is 22.0 Å². The average molecular weight is 601 g/mol. The number of hydrogen-bond donors (Lipinski definition) is 2. The zero-order valence-corrected chi connectivity index (χ0v) is 23.6. The van der Waals surface area contributed by atoms with Gasteiger partial charge in [0.05, 0.1) is 34.4 Å². The van der Waals surface area contributed by atoms with Gasteiger partial charge >= 0.3 is 0 Å². The maximum absolute atomic E-state index is 14.6. The van der Waals surface area contributed by atoms with Crippen LogP contribution < -0.4 is 14.8 Å². The van der Waals surface area contributed by atoms with Crippen LogP contribution in [-0.4, -0.2) is 37.2 Å². The van der Waals surface area contributed by atoms with Gasteiger partial charge in [0.25, 0.3) is 5.91 Å². The normalized spacial score (nSPS) is 12.6. The zero-order valence-electron chi connectivity index (χ0n) is 22.7. The van der Waals surface area contributed by atoms with Crippen molar-refractivity contribution in [1.29, 1.82) is 0 Å². The largest absolute Gasteiger partial charge is 0.470 e. The number of hydrogen-bond acceptors (Lipinski definition) is 6. The smallest absolute Gasteiger partial charge is 0.255 e. The van der Waals surface area contributed by atoms with E-state index in [-0.39, 0.29) is 35.1 Å². The van der Waals surface area contributed by atoms with Gasteiger partial charge in [-0.05, 0) is 60.7 Å². The molecule has 4 heterocycles. The molecule has 0 radical (unpaired) electrons. The third-order valence-electron chi connectivity index (χ3n) is 7.30. The number of amides is 1. The second kappa shape index (κ2) is 9.66. The van der Waals surface area contributed by atoms with Crippen molar-refractivity contribution in [3.8, 4) is 39.7 Å². The highest BCUT2D eigenvalue weighted by atomic mass is 32.2. The van der Waals surface area contributed by atoms with Crippen LogP contribution in [0.5, 0.6) is 5.75 Å². The molecule has 3 aromatic heterocycles. The molecular formula is C31H22F2N4O5S. The number of nitrogens with zero attached hydrogens (tertiary/aromatic N) is 2. The van der Waals surface area contributed by atoms with Crippen LogP contribution in [0.15, 0.2) is 77.2 Å². The minimum Gasteiger partial charge on any atom is -0.470 e. The summed E-state index contributed by atoms with van der Waals surface area (Å²) >= 11 is 0. The summed E-state index contributed by atoms with van der Waals surface area (Å²) in [6.45, 7) is 0.166. The maximum Gasteiger partial charge on any atom is 0.255 e. The fourth-order valence-corrected chi connectivity index (χ4v) is 5.98. The summed E-state index contributed by atoms with van der Waals surface area (Å²) in [6.07, 6.45) is 1.02. The van der Waals surface area contributed by atoms with Crippen LogP contribution in [-0.2, 0) is 16.8 Å². The molecule has 0 saturated heterocycles. The molecule has 0 atom stereocenters. The van der Waals surface area contributed by atoms with Crippen LogP contribution >= 0.6 is 0 Å². The molecule has 12 heteroatoms. The minimum absolute atomic E-state index is 0.161. The molecule has 0 fully saturated rings. The van der Waals surface area contributed by atoms with Crippen molar-refractivity contribution in [2.45, 2.75) is 6.73 Å². The molecule has 43 heavy (non-hydrogen) atoms. The molecule has 216 valence electrons. The molecule has 0 spiro atoms. The van der Waals surface area contributed by atoms with Crippen molar-refractivity contribution in [1.82, 2.24) is 14.9 Å². The Kier molecular flexibility index (Phi) is 5.99. The molecule has 7 rings (SSSR count). The first-order chi connectivity index (χ1) is 20.6. The van der Waals surface area contributed by atoms with Crippen molar-refractivity contribution in [2.24, 2.45) is 0 Å². The lowest BCUT2D eigenvalue weighted by atomic mass is 10.0. The number of halogens is 2. The lowest BCUT2D eigenvalue weighted by Gasteiger charge is -2.21. The molecule has 6 aromatic rings. The molecule has 3 aromatic carbocycles. The number of aromatic nitrogens is 2. The van der Waals surface area contributed by atoms with E-state index in [0.29, 0.717) is 50.2 Å². The number of benzene rings is 3. The summed E-state index contributed by atoms with van der Waals surface area (Å²) in [5.74, 6) is -0.610. The highest BCUT2D eigenvalue weighted by molar-refractivity contribution is 7.92. The first-order valence-electron chi connectivity index (χ1n) is 13.1. The highest BCUT2D eigenvalue weighted by Crippen LogP contribution is 2.43. The first kappa shape index (κ1) is 26.7. The van der Waals surface area contributed by atoms with E-state index in [4.69, 9.17) is 14.1 Å². The van der Waals surface area contributed by atoms with Gasteiger partial charge < -0.3 is 19.0 Å². The number of carbonyl (C=O) groups is 1. The zero-order chi connectivity index (χ0) is 30.0. The van der Waals surface area contributed by atoms with Crippen LogP contribution in [0.2, 0.25) is 0 Å². The third kappa shape index (κ3) is 4.47. The quantitative estimate of drug-likeness (QED) is 0.246. The van der Waals surface area contributed by atoms with E-state index >= 15 is 0 Å². The van der Waals surface area contributed by atoms with Gasteiger partial charge in [-0.3, -0.25) is 9.52 Å². The fourth-order valence-electron chi connectivity index (χ4n) is 5.41. The minimum atomic E-state index is -3.76. The Hall–Kier alpha value is -5.23. The highest BCUT2D eigenvalue weighted by Gasteiger charge is 2.27. The van der Waals surface area contributed by atoms with E-state index in [2.05, 4.69) is 10.0 Å². The van der Waals surface area contributed by atoms with Crippen molar-refractivity contribution in [3.05, 3.63) is 90.0 Å². The Morgan fingerprint density at radius 2 is 1.79 bits per heavy atom. The summed E-state index contributed by atoms with van der Waals surface area (Å²) in [5.41, 5.74) is 3.48. The molecule has 2 N–H and O–H groups in total. The predicted molar refractivity (Wildman–Crippen MR) is 158 cm³/mol. The Morgan fingerprint density at radius 1 is 1.00 bits per heavy atom. The predicted octanol–water partition coefficient (Wildman–Crippen LogP) is 6.14. The number of pyridine rings is 1. The molecule has 0 unspecified atom stereocenters. The Morgan fingerprint density at radius 3 is 2.53 bits per heavy atom. The van der Waals surface area contributed by atoms with Gasteiger partial charge in [0.2, 0.25) is 10.0 Å². The number of anilines is 1. The van der Waals surface area contributed by atoms with Crippen molar-refractivity contribution < 1.29 is 31.1 Å². The van der Waals surface area contributed by atoms with E-state index in [1.807, 2.05) is 4.57 Å². The molecule has 1 aliphatic heterocycles. The van der Waals surface area contributed by atoms with E-state index in [1.165, 1.54) is 43.4 Å². The molecule has 1 aliphatic rings. The van der Waals surface area contributed by atoms with E-state index in [0.717, 1.165) is 6.26 Å². The summed E-state index contributed by atoms with van der Waals surface area (Å²) in [7, 11) is -2.28. The van der Waals surface area contributed by atoms with Crippen molar-refractivity contribution in [2.75, 3.05) is 18.0 Å². The molecule has 0 bridgehead atoms. The van der Waals surface area contributed by atoms with Gasteiger partial charge in [-0.2, -0.15) is 0 Å². The number of ether oxygens (including phenoxy) is 1. The number of carbonyl (C=O) groups excluding carboxylic acids is 1. The van der Waals surface area contributed by atoms with Crippen molar-refractivity contribution >= 4 is 43.5 Å². The van der Waals surface area contributed by atoms with Gasteiger partial charge in [0.1, 0.15) is 34.4 Å².